The maximum Gasteiger partial charge on any atom is 0.249 e. The molecule has 2 aromatic carbocycles. The molecule has 0 amide bonds. The zero-order valence-corrected chi connectivity index (χ0v) is 17.5. The minimum absolute atomic E-state index is 0.0282. The number of hydrogen-bond donors (Lipinski definition) is 0. The van der Waals surface area contributed by atoms with Gasteiger partial charge < -0.3 is 9.15 Å². The van der Waals surface area contributed by atoms with Gasteiger partial charge in [-0.05, 0) is 30.3 Å². The van der Waals surface area contributed by atoms with Gasteiger partial charge in [-0.3, -0.25) is 4.98 Å². The van der Waals surface area contributed by atoms with Crippen molar-refractivity contribution in [2.75, 3.05) is 0 Å². The van der Waals surface area contributed by atoms with E-state index in [0.717, 1.165) is 0 Å². The number of halogens is 3. The number of nitriles is 2. The Bertz CT molecular complexity index is 1410. The summed E-state index contributed by atoms with van der Waals surface area (Å²) in [7, 11) is 0. The van der Waals surface area contributed by atoms with Gasteiger partial charge in [-0.15, -0.1) is 10.2 Å². The van der Waals surface area contributed by atoms with E-state index in [9.17, 15) is 5.26 Å². The summed E-state index contributed by atoms with van der Waals surface area (Å²) in [5.41, 5.74) is 0.867. The minimum Gasteiger partial charge on any atom is -0.453 e. The molecule has 156 valence electrons. The zero-order valence-electron chi connectivity index (χ0n) is 16.0. The Morgan fingerprint density at radius 3 is 2.66 bits per heavy atom. The normalized spacial score (nSPS) is 10.4. The van der Waals surface area contributed by atoms with Crippen LogP contribution in [0.2, 0.25) is 10.0 Å². The summed E-state index contributed by atoms with van der Waals surface area (Å²) in [6.07, 6.45) is 2.92. The fourth-order valence-electron chi connectivity index (χ4n) is 2.87. The summed E-state index contributed by atoms with van der Waals surface area (Å²) in [5, 5.41) is 26.9. The van der Waals surface area contributed by atoms with Crippen LogP contribution in [0.25, 0.3) is 11.5 Å². The summed E-state index contributed by atoms with van der Waals surface area (Å²) in [6, 6.07) is 12.5. The van der Waals surface area contributed by atoms with E-state index in [1.165, 1.54) is 42.7 Å². The maximum atomic E-state index is 15.3. The minimum atomic E-state index is -0.774. The Morgan fingerprint density at radius 2 is 1.91 bits per heavy atom. The van der Waals surface area contributed by atoms with Crippen LogP contribution in [0.3, 0.4) is 0 Å². The lowest BCUT2D eigenvalue weighted by molar-refractivity contribution is 0.435. The predicted molar refractivity (Wildman–Crippen MR) is 113 cm³/mol. The third-order valence-corrected chi connectivity index (χ3v) is 4.85. The van der Waals surface area contributed by atoms with Crippen LogP contribution in [-0.2, 0) is 6.42 Å². The predicted octanol–water partition coefficient (Wildman–Crippen LogP) is 5.70. The molecule has 0 unspecified atom stereocenters. The number of benzene rings is 2. The van der Waals surface area contributed by atoms with Crippen LogP contribution < -0.4 is 4.74 Å². The first-order valence-corrected chi connectivity index (χ1v) is 9.76. The summed E-state index contributed by atoms with van der Waals surface area (Å²) in [4.78, 5) is 3.90. The number of ether oxygens (including phenoxy) is 1. The average molecular weight is 466 g/mol. The van der Waals surface area contributed by atoms with Crippen LogP contribution in [0.5, 0.6) is 11.5 Å². The smallest absolute Gasteiger partial charge is 0.249 e. The zero-order chi connectivity index (χ0) is 22.7. The highest BCUT2D eigenvalue weighted by molar-refractivity contribution is 6.33. The van der Waals surface area contributed by atoms with Gasteiger partial charge in [0.1, 0.15) is 11.8 Å². The SMILES string of the molecule is N#Cc1cc(Cl)cc(Oc2c(C#N)ccc(Cc3nnc(-c4ccncc4Cl)o3)c2F)c1. The van der Waals surface area contributed by atoms with Gasteiger partial charge in [0.2, 0.25) is 11.8 Å². The first kappa shape index (κ1) is 21.3. The maximum absolute atomic E-state index is 15.3. The van der Waals surface area contributed by atoms with Crippen molar-refractivity contribution in [2.24, 2.45) is 0 Å². The van der Waals surface area contributed by atoms with Gasteiger partial charge in [-0.2, -0.15) is 10.5 Å². The van der Waals surface area contributed by atoms with Crippen molar-refractivity contribution < 1.29 is 13.5 Å². The van der Waals surface area contributed by atoms with E-state index in [0.29, 0.717) is 10.6 Å². The Labute approximate surface area is 191 Å². The van der Waals surface area contributed by atoms with Gasteiger partial charge in [-0.1, -0.05) is 29.3 Å². The third-order valence-electron chi connectivity index (χ3n) is 4.33. The highest BCUT2D eigenvalue weighted by Gasteiger charge is 2.19. The molecule has 0 atom stereocenters. The largest absolute Gasteiger partial charge is 0.453 e. The quantitative estimate of drug-likeness (QED) is 0.371. The van der Waals surface area contributed by atoms with E-state index in [4.69, 9.17) is 37.6 Å². The average Bonchev–Trinajstić information content (AvgIpc) is 3.25. The lowest BCUT2D eigenvalue weighted by Crippen LogP contribution is -1.99. The molecule has 0 aliphatic rings. The molecule has 4 aromatic rings. The van der Waals surface area contributed by atoms with Crippen molar-refractivity contribution in [2.45, 2.75) is 6.42 Å². The van der Waals surface area contributed by atoms with Crippen LogP contribution in [0.4, 0.5) is 4.39 Å². The van der Waals surface area contributed by atoms with Crippen molar-refractivity contribution in [3.8, 4) is 35.1 Å². The standard InChI is InChI=1S/C22H10Cl2FN5O2/c23-15-5-12(9-26)6-16(8-15)31-21-14(10-27)2-1-13(20(21)25)7-19-29-30-22(32-19)17-3-4-28-11-18(17)24/h1-6,8,11H,7H2. The van der Waals surface area contributed by atoms with Crippen LogP contribution in [0.1, 0.15) is 22.6 Å². The first-order chi connectivity index (χ1) is 15.5. The molecule has 2 heterocycles. The van der Waals surface area contributed by atoms with Crippen LogP contribution >= 0.6 is 23.2 Å². The molecule has 0 fully saturated rings. The summed E-state index contributed by atoms with van der Waals surface area (Å²) < 4.78 is 26.5. The Balaban J connectivity index is 1.66. The Hall–Kier alpha value is -3.98. The number of pyridine rings is 1. The van der Waals surface area contributed by atoms with Crippen molar-refractivity contribution in [3.05, 3.63) is 87.2 Å². The van der Waals surface area contributed by atoms with Gasteiger partial charge in [0.05, 0.1) is 34.2 Å². The summed E-state index contributed by atoms with van der Waals surface area (Å²) in [6.45, 7) is 0. The lowest BCUT2D eigenvalue weighted by atomic mass is 10.1. The van der Waals surface area contributed by atoms with Gasteiger partial charge in [-0.25, -0.2) is 4.39 Å². The molecule has 0 radical (unpaired) electrons. The van der Waals surface area contributed by atoms with Crippen LogP contribution in [-0.4, -0.2) is 15.2 Å². The second kappa shape index (κ2) is 9.03. The van der Waals surface area contributed by atoms with E-state index in [2.05, 4.69) is 15.2 Å². The van der Waals surface area contributed by atoms with Crippen LogP contribution in [0, 0.1) is 28.5 Å². The molecule has 10 heteroatoms. The molecular formula is C22H10Cl2FN5O2. The van der Waals surface area contributed by atoms with E-state index < -0.39 is 5.82 Å². The molecule has 0 saturated carbocycles. The molecular weight excluding hydrogens is 456 g/mol. The van der Waals surface area contributed by atoms with Gasteiger partial charge in [0.25, 0.3) is 0 Å². The Morgan fingerprint density at radius 1 is 1.06 bits per heavy atom. The number of hydrogen-bond acceptors (Lipinski definition) is 7. The molecule has 0 bridgehead atoms. The molecule has 0 saturated heterocycles. The number of rotatable bonds is 5. The van der Waals surface area contributed by atoms with Gasteiger partial charge in [0, 0.05) is 23.0 Å². The number of nitrogens with zero attached hydrogens (tertiary/aromatic N) is 5. The lowest BCUT2D eigenvalue weighted by Gasteiger charge is -2.11. The van der Waals surface area contributed by atoms with Gasteiger partial charge >= 0.3 is 0 Å². The van der Waals surface area contributed by atoms with E-state index in [1.54, 1.807) is 6.07 Å². The fraction of sp³-hybridized carbons (Fsp3) is 0.0455. The van der Waals surface area contributed by atoms with Crippen molar-refractivity contribution in [3.63, 3.8) is 0 Å². The van der Waals surface area contributed by atoms with Crippen molar-refractivity contribution >= 4 is 23.2 Å². The molecule has 0 aliphatic heterocycles. The van der Waals surface area contributed by atoms with E-state index in [-0.39, 0.29) is 51.4 Å². The molecule has 0 spiro atoms. The molecule has 4 rings (SSSR count). The second-order valence-corrected chi connectivity index (χ2v) is 7.29. The topological polar surface area (TPSA) is 109 Å². The van der Waals surface area contributed by atoms with Crippen molar-refractivity contribution in [1.29, 1.82) is 10.5 Å². The van der Waals surface area contributed by atoms with E-state index in [1.807, 2.05) is 12.1 Å². The molecule has 7 nitrogen and oxygen atoms in total. The molecule has 0 N–H and O–H groups in total. The molecule has 32 heavy (non-hydrogen) atoms. The van der Waals surface area contributed by atoms with E-state index >= 15 is 4.39 Å². The Kier molecular flexibility index (Phi) is 6.00. The molecule has 2 aromatic heterocycles. The van der Waals surface area contributed by atoms with Crippen LogP contribution in [0.15, 0.2) is 53.2 Å². The fourth-order valence-corrected chi connectivity index (χ4v) is 3.30. The summed E-state index contributed by atoms with van der Waals surface area (Å²) >= 11 is 12.1. The van der Waals surface area contributed by atoms with Crippen molar-refractivity contribution in [1.82, 2.24) is 15.2 Å². The highest BCUT2D eigenvalue weighted by atomic mass is 35.5. The molecule has 0 aliphatic carbocycles. The third kappa shape index (κ3) is 4.37. The van der Waals surface area contributed by atoms with Gasteiger partial charge in [0.15, 0.2) is 11.6 Å². The second-order valence-electron chi connectivity index (χ2n) is 6.45. The summed E-state index contributed by atoms with van der Waals surface area (Å²) in [5.74, 6) is -0.649. The number of aromatic nitrogens is 3. The first-order valence-electron chi connectivity index (χ1n) is 9.00. The monoisotopic (exact) mass is 465 g/mol. The highest BCUT2D eigenvalue weighted by Crippen LogP contribution is 2.33.